The van der Waals surface area contributed by atoms with E-state index in [9.17, 15) is 4.79 Å². The molecule has 2 saturated heterocycles. The van der Waals surface area contributed by atoms with Gasteiger partial charge in [0, 0.05) is 51.1 Å². The maximum absolute atomic E-state index is 12.9. The van der Waals surface area contributed by atoms with Crippen LogP contribution in [0.1, 0.15) is 54.9 Å². The predicted molar refractivity (Wildman–Crippen MR) is 133 cm³/mol. The first-order valence-electron chi connectivity index (χ1n) is 12.4. The Balaban J connectivity index is 1.35. The highest BCUT2D eigenvalue weighted by Gasteiger charge is 2.23. The fourth-order valence-electron chi connectivity index (χ4n) is 4.55. The molecule has 2 heterocycles. The molecule has 0 aliphatic carbocycles. The van der Waals surface area contributed by atoms with Crippen LogP contribution < -0.4 is 10.1 Å². The van der Waals surface area contributed by atoms with Gasteiger partial charge >= 0.3 is 0 Å². The van der Waals surface area contributed by atoms with Gasteiger partial charge in [0.15, 0.2) is 5.96 Å². The van der Waals surface area contributed by atoms with Crippen LogP contribution in [0.5, 0.6) is 5.75 Å². The summed E-state index contributed by atoms with van der Waals surface area (Å²) in [6.07, 6.45) is 5.62. The number of carbonyl (C=O) groups excluding carboxylic acids is 1. The molecule has 2 aliphatic heterocycles. The molecule has 1 N–H and O–H groups in total. The molecule has 4 rings (SSSR count). The van der Waals surface area contributed by atoms with Crippen LogP contribution >= 0.6 is 0 Å². The van der Waals surface area contributed by atoms with E-state index in [1.807, 2.05) is 53.4 Å². The van der Waals surface area contributed by atoms with Crippen LogP contribution in [-0.4, -0.2) is 60.5 Å². The predicted octanol–water partition coefficient (Wildman–Crippen LogP) is 4.32. The van der Waals surface area contributed by atoms with Crippen molar-refractivity contribution in [2.75, 3.05) is 32.7 Å². The Bertz CT molecular complexity index is 917. The van der Waals surface area contributed by atoms with E-state index in [-0.39, 0.29) is 12.0 Å². The third-order valence-electron chi connectivity index (χ3n) is 6.35. The van der Waals surface area contributed by atoms with Crippen LogP contribution in [0.25, 0.3) is 0 Å². The van der Waals surface area contributed by atoms with E-state index >= 15 is 0 Å². The van der Waals surface area contributed by atoms with Crippen LogP contribution in [0.3, 0.4) is 0 Å². The van der Waals surface area contributed by atoms with Crippen molar-refractivity contribution >= 4 is 11.9 Å². The molecule has 0 bridgehead atoms. The van der Waals surface area contributed by atoms with Crippen molar-refractivity contribution in [2.45, 2.75) is 51.7 Å². The quantitative estimate of drug-likeness (QED) is 0.528. The lowest BCUT2D eigenvalue weighted by Crippen LogP contribution is -2.47. The zero-order valence-electron chi connectivity index (χ0n) is 19.7. The van der Waals surface area contributed by atoms with Gasteiger partial charge < -0.3 is 19.9 Å². The average molecular weight is 449 g/mol. The average Bonchev–Trinajstić information content (AvgIpc) is 2.88. The van der Waals surface area contributed by atoms with Crippen LogP contribution in [0, 0.1) is 0 Å². The third kappa shape index (κ3) is 6.50. The van der Waals surface area contributed by atoms with Crippen molar-refractivity contribution in [3.63, 3.8) is 0 Å². The number of rotatable bonds is 6. The number of guanidine groups is 1. The Hall–Kier alpha value is -3.02. The number of nitrogens with zero attached hydrogens (tertiary/aromatic N) is 3. The van der Waals surface area contributed by atoms with Gasteiger partial charge in [-0.2, -0.15) is 0 Å². The molecule has 0 saturated carbocycles. The van der Waals surface area contributed by atoms with E-state index in [1.165, 1.54) is 6.42 Å². The number of benzene rings is 2. The number of aliphatic imine (C=N–C) groups is 1. The molecule has 0 unspecified atom stereocenters. The van der Waals surface area contributed by atoms with Crippen LogP contribution in [0.15, 0.2) is 59.6 Å². The monoisotopic (exact) mass is 448 g/mol. The van der Waals surface area contributed by atoms with Crippen molar-refractivity contribution < 1.29 is 9.53 Å². The summed E-state index contributed by atoms with van der Waals surface area (Å²) in [7, 11) is 0. The smallest absolute Gasteiger partial charge is 0.253 e. The molecule has 1 amide bonds. The van der Waals surface area contributed by atoms with E-state index in [0.717, 1.165) is 81.2 Å². The summed E-state index contributed by atoms with van der Waals surface area (Å²) in [5.41, 5.74) is 1.84. The van der Waals surface area contributed by atoms with Gasteiger partial charge in [-0.15, -0.1) is 0 Å². The fourth-order valence-corrected chi connectivity index (χ4v) is 4.55. The number of amides is 1. The second-order valence-corrected chi connectivity index (χ2v) is 8.84. The first-order valence-corrected chi connectivity index (χ1v) is 12.4. The maximum atomic E-state index is 12.9. The molecule has 2 fully saturated rings. The molecule has 0 aromatic heterocycles. The summed E-state index contributed by atoms with van der Waals surface area (Å²) in [5.74, 6) is 2.02. The Morgan fingerprint density at radius 3 is 2.45 bits per heavy atom. The second kappa shape index (κ2) is 11.7. The van der Waals surface area contributed by atoms with Gasteiger partial charge in [0.2, 0.25) is 0 Å². The van der Waals surface area contributed by atoms with Gasteiger partial charge in [0.05, 0.1) is 6.54 Å². The van der Waals surface area contributed by atoms with Crippen LogP contribution in [0.4, 0.5) is 0 Å². The van der Waals surface area contributed by atoms with E-state index < -0.39 is 0 Å². The van der Waals surface area contributed by atoms with Crippen molar-refractivity contribution in [3.05, 3.63) is 65.7 Å². The molecule has 176 valence electrons. The van der Waals surface area contributed by atoms with Crippen molar-refractivity contribution in [1.82, 2.24) is 15.1 Å². The summed E-state index contributed by atoms with van der Waals surface area (Å²) >= 11 is 0. The lowest BCUT2D eigenvalue weighted by molar-refractivity contribution is 0.0724. The maximum Gasteiger partial charge on any atom is 0.253 e. The number of para-hydroxylation sites is 1. The van der Waals surface area contributed by atoms with Gasteiger partial charge in [-0.05, 0) is 56.0 Å². The van der Waals surface area contributed by atoms with E-state index in [0.29, 0.717) is 6.54 Å². The second-order valence-electron chi connectivity index (χ2n) is 8.84. The van der Waals surface area contributed by atoms with Crippen LogP contribution in [-0.2, 0) is 6.54 Å². The lowest BCUT2D eigenvalue weighted by Gasteiger charge is -2.34. The minimum atomic E-state index is 0.146. The van der Waals surface area contributed by atoms with Crippen LogP contribution in [0.2, 0.25) is 0 Å². The molecule has 6 nitrogen and oxygen atoms in total. The molecule has 2 aromatic carbocycles. The standard InChI is InChI=1S/C27H36N4O2/c1-2-28-27(31-18-14-25(15-19-31)33-24-12-5-3-6-13-24)29-21-22-10-9-11-23(20-22)26(32)30-16-7-4-8-17-30/h3,5-6,9-13,20,25H,2,4,7-8,14-19,21H2,1H3,(H,28,29). The summed E-state index contributed by atoms with van der Waals surface area (Å²) in [6, 6.07) is 18.0. The molecule has 33 heavy (non-hydrogen) atoms. The number of piperidine rings is 2. The Labute approximate surface area is 197 Å². The topological polar surface area (TPSA) is 57.2 Å². The van der Waals surface area contributed by atoms with E-state index in [4.69, 9.17) is 9.73 Å². The summed E-state index contributed by atoms with van der Waals surface area (Å²) in [4.78, 5) is 22.1. The van der Waals surface area contributed by atoms with Gasteiger partial charge in [-0.1, -0.05) is 30.3 Å². The van der Waals surface area contributed by atoms with E-state index in [1.54, 1.807) is 0 Å². The molecule has 0 spiro atoms. The zero-order valence-corrected chi connectivity index (χ0v) is 19.7. The van der Waals surface area contributed by atoms with Gasteiger partial charge in [0.1, 0.15) is 11.9 Å². The SMILES string of the molecule is CCNC(=NCc1cccc(C(=O)N2CCCCC2)c1)N1CCC(Oc2ccccc2)CC1. The first kappa shape index (κ1) is 23.1. The highest BCUT2D eigenvalue weighted by molar-refractivity contribution is 5.94. The van der Waals surface area contributed by atoms with Crippen molar-refractivity contribution in [2.24, 2.45) is 4.99 Å². The Kier molecular flexibility index (Phi) is 8.23. The van der Waals surface area contributed by atoms with Gasteiger partial charge in [-0.3, -0.25) is 4.79 Å². The molecule has 6 heteroatoms. The molecule has 0 atom stereocenters. The highest BCUT2D eigenvalue weighted by Crippen LogP contribution is 2.19. The number of hydrogen-bond acceptors (Lipinski definition) is 3. The number of carbonyl (C=O) groups is 1. The Morgan fingerprint density at radius 1 is 0.970 bits per heavy atom. The van der Waals surface area contributed by atoms with Crippen molar-refractivity contribution in [3.8, 4) is 5.75 Å². The van der Waals surface area contributed by atoms with Gasteiger partial charge in [0.25, 0.3) is 5.91 Å². The largest absolute Gasteiger partial charge is 0.490 e. The zero-order chi connectivity index (χ0) is 22.9. The summed E-state index contributed by atoms with van der Waals surface area (Å²) in [6.45, 7) is 7.05. The molecule has 2 aromatic rings. The molecular weight excluding hydrogens is 412 g/mol. The number of ether oxygens (including phenoxy) is 1. The minimum Gasteiger partial charge on any atom is -0.490 e. The number of likely N-dealkylation sites (tertiary alicyclic amines) is 2. The molecule has 0 radical (unpaired) electrons. The molecule has 2 aliphatic rings. The normalized spacial score (nSPS) is 17.7. The van der Waals surface area contributed by atoms with E-state index in [2.05, 4.69) is 23.2 Å². The number of nitrogens with one attached hydrogen (secondary N) is 1. The summed E-state index contributed by atoms with van der Waals surface area (Å²) < 4.78 is 6.14. The minimum absolute atomic E-state index is 0.146. The lowest BCUT2D eigenvalue weighted by atomic mass is 10.1. The molecular formula is C27H36N4O2. The fraction of sp³-hybridized carbons (Fsp3) is 0.481. The number of hydrogen-bond donors (Lipinski definition) is 1. The Morgan fingerprint density at radius 2 is 1.73 bits per heavy atom. The van der Waals surface area contributed by atoms with Gasteiger partial charge in [-0.25, -0.2) is 4.99 Å². The summed E-state index contributed by atoms with van der Waals surface area (Å²) in [5, 5.41) is 3.44. The highest BCUT2D eigenvalue weighted by atomic mass is 16.5. The first-order chi connectivity index (χ1) is 16.2. The van der Waals surface area contributed by atoms with Crippen molar-refractivity contribution in [1.29, 1.82) is 0 Å². The third-order valence-corrected chi connectivity index (χ3v) is 6.35.